The number of nitrogens with two attached hydrogens (primary N) is 1. The predicted octanol–water partition coefficient (Wildman–Crippen LogP) is 2.68. The Labute approximate surface area is 125 Å². The molecule has 0 amide bonds. The standard InChI is InChI=1S/C12H15BrN4O2S/c1-7(2)10-6-12(16-15-10)17-20(18,19)11-4-3-8(13)5-9(11)14/h3-7H,14H2,1-2H3,(H2,15,16,17). The van der Waals surface area contributed by atoms with Crippen molar-refractivity contribution in [2.75, 3.05) is 10.5 Å². The molecule has 1 aromatic carbocycles. The Kier molecular flexibility index (Phi) is 4.05. The van der Waals surface area contributed by atoms with Gasteiger partial charge in [0.05, 0.1) is 5.69 Å². The Morgan fingerprint density at radius 3 is 2.60 bits per heavy atom. The summed E-state index contributed by atoms with van der Waals surface area (Å²) in [7, 11) is -3.75. The Morgan fingerprint density at radius 2 is 2.05 bits per heavy atom. The number of aromatic nitrogens is 2. The molecule has 0 fully saturated rings. The average Bonchev–Trinajstić information content (AvgIpc) is 2.76. The molecule has 2 rings (SSSR count). The summed E-state index contributed by atoms with van der Waals surface area (Å²) in [6, 6.07) is 6.27. The van der Waals surface area contributed by atoms with Crippen LogP contribution >= 0.6 is 15.9 Å². The van der Waals surface area contributed by atoms with Crippen LogP contribution in [-0.2, 0) is 10.0 Å². The third kappa shape index (κ3) is 3.13. The number of H-pyrrole nitrogens is 1. The molecule has 108 valence electrons. The fraction of sp³-hybridized carbons (Fsp3) is 0.250. The fourth-order valence-electron chi connectivity index (χ4n) is 1.64. The van der Waals surface area contributed by atoms with E-state index >= 15 is 0 Å². The Hall–Kier alpha value is -1.54. The van der Waals surface area contributed by atoms with Gasteiger partial charge in [0, 0.05) is 16.2 Å². The van der Waals surface area contributed by atoms with Crippen LogP contribution < -0.4 is 10.5 Å². The van der Waals surface area contributed by atoms with Crippen molar-refractivity contribution in [3.05, 3.63) is 34.4 Å². The normalized spacial score (nSPS) is 11.8. The van der Waals surface area contributed by atoms with E-state index in [2.05, 4.69) is 30.8 Å². The first-order valence-corrected chi connectivity index (χ1v) is 8.20. The topological polar surface area (TPSA) is 101 Å². The lowest BCUT2D eigenvalue weighted by Crippen LogP contribution is -2.15. The molecule has 0 unspecified atom stereocenters. The second kappa shape index (κ2) is 5.45. The minimum absolute atomic E-state index is 0.0230. The van der Waals surface area contributed by atoms with Crippen LogP contribution in [-0.4, -0.2) is 18.6 Å². The van der Waals surface area contributed by atoms with Gasteiger partial charge < -0.3 is 5.73 Å². The summed E-state index contributed by atoms with van der Waals surface area (Å²) in [6.45, 7) is 3.97. The molecule has 0 saturated heterocycles. The first-order valence-electron chi connectivity index (χ1n) is 5.93. The van der Waals surface area contributed by atoms with Gasteiger partial charge in [-0.1, -0.05) is 29.8 Å². The van der Waals surface area contributed by atoms with Crippen LogP contribution in [0.1, 0.15) is 25.5 Å². The van der Waals surface area contributed by atoms with Gasteiger partial charge in [-0.25, -0.2) is 8.42 Å². The van der Waals surface area contributed by atoms with E-state index in [-0.39, 0.29) is 22.3 Å². The molecule has 0 aliphatic heterocycles. The highest BCUT2D eigenvalue weighted by Gasteiger charge is 2.19. The maximum absolute atomic E-state index is 12.3. The maximum Gasteiger partial charge on any atom is 0.265 e. The number of anilines is 2. The molecule has 20 heavy (non-hydrogen) atoms. The molecule has 0 radical (unpaired) electrons. The first-order chi connectivity index (χ1) is 9.29. The van der Waals surface area contributed by atoms with E-state index in [9.17, 15) is 8.42 Å². The molecular formula is C12H15BrN4O2S. The molecule has 0 aliphatic rings. The van der Waals surface area contributed by atoms with Gasteiger partial charge in [0.15, 0.2) is 5.82 Å². The van der Waals surface area contributed by atoms with E-state index in [4.69, 9.17) is 5.73 Å². The SMILES string of the molecule is CC(C)c1cc(NS(=O)(=O)c2ccc(Br)cc2N)n[nH]1. The van der Waals surface area contributed by atoms with Crippen LogP contribution in [0.3, 0.4) is 0 Å². The number of sulfonamides is 1. The van der Waals surface area contributed by atoms with Crippen molar-refractivity contribution >= 4 is 37.5 Å². The Balaban J connectivity index is 2.30. The van der Waals surface area contributed by atoms with Crippen molar-refractivity contribution in [1.29, 1.82) is 0 Å². The molecule has 0 spiro atoms. The maximum atomic E-state index is 12.3. The lowest BCUT2D eigenvalue weighted by molar-refractivity contribution is 0.601. The van der Waals surface area contributed by atoms with E-state index in [1.54, 1.807) is 18.2 Å². The number of hydrogen-bond donors (Lipinski definition) is 3. The largest absolute Gasteiger partial charge is 0.398 e. The fourth-order valence-corrected chi connectivity index (χ4v) is 3.13. The molecule has 0 atom stereocenters. The molecular weight excluding hydrogens is 344 g/mol. The number of aromatic amines is 1. The Bertz CT molecular complexity index is 725. The highest BCUT2D eigenvalue weighted by molar-refractivity contribution is 9.10. The van der Waals surface area contributed by atoms with Gasteiger partial charge in [0.25, 0.3) is 10.0 Å². The summed E-state index contributed by atoms with van der Waals surface area (Å²) in [5.41, 5.74) is 6.76. The number of rotatable bonds is 4. The molecule has 1 heterocycles. The smallest absolute Gasteiger partial charge is 0.265 e. The number of halogens is 1. The molecule has 0 saturated carbocycles. The summed E-state index contributed by atoms with van der Waals surface area (Å²) in [5.74, 6) is 0.481. The third-order valence-corrected chi connectivity index (χ3v) is 4.64. The summed E-state index contributed by atoms with van der Waals surface area (Å²) in [6.07, 6.45) is 0. The molecule has 0 bridgehead atoms. The summed E-state index contributed by atoms with van der Waals surface area (Å²) >= 11 is 3.24. The summed E-state index contributed by atoms with van der Waals surface area (Å²) in [5, 5.41) is 6.72. The minimum atomic E-state index is -3.75. The van der Waals surface area contributed by atoms with Crippen molar-refractivity contribution in [2.45, 2.75) is 24.7 Å². The Morgan fingerprint density at radius 1 is 1.35 bits per heavy atom. The third-order valence-electron chi connectivity index (χ3n) is 2.72. The molecule has 6 nitrogen and oxygen atoms in total. The first kappa shape index (κ1) is 14.9. The number of benzene rings is 1. The second-order valence-corrected chi connectivity index (χ2v) is 7.22. The van der Waals surface area contributed by atoms with Gasteiger partial charge in [-0.3, -0.25) is 9.82 Å². The van der Waals surface area contributed by atoms with E-state index in [1.807, 2.05) is 13.8 Å². The van der Waals surface area contributed by atoms with Gasteiger partial charge in [0.2, 0.25) is 0 Å². The van der Waals surface area contributed by atoms with Gasteiger partial charge >= 0.3 is 0 Å². The average molecular weight is 359 g/mol. The minimum Gasteiger partial charge on any atom is -0.398 e. The zero-order valence-electron chi connectivity index (χ0n) is 11.0. The van der Waals surface area contributed by atoms with Crippen molar-refractivity contribution in [2.24, 2.45) is 0 Å². The van der Waals surface area contributed by atoms with Gasteiger partial charge in [-0.15, -0.1) is 0 Å². The van der Waals surface area contributed by atoms with Gasteiger partial charge in [-0.05, 0) is 24.1 Å². The van der Waals surface area contributed by atoms with Crippen LogP contribution in [0.2, 0.25) is 0 Å². The lowest BCUT2D eigenvalue weighted by Gasteiger charge is -2.08. The predicted molar refractivity (Wildman–Crippen MR) is 82.0 cm³/mol. The molecule has 2 aromatic rings. The van der Waals surface area contributed by atoms with E-state index in [0.717, 1.165) is 10.2 Å². The monoisotopic (exact) mass is 358 g/mol. The number of nitrogen functional groups attached to an aromatic ring is 1. The van der Waals surface area contributed by atoms with E-state index in [1.165, 1.54) is 6.07 Å². The van der Waals surface area contributed by atoms with Crippen LogP contribution in [0.4, 0.5) is 11.5 Å². The summed E-state index contributed by atoms with van der Waals surface area (Å²) < 4.78 is 27.6. The zero-order chi connectivity index (χ0) is 14.9. The van der Waals surface area contributed by atoms with Crippen molar-refractivity contribution in [1.82, 2.24) is 10.2 Å². The van der Waals surface area contributed by atoms with Gasteiger partial charge in [-0.2, -0.15) is 5.10 Å². The van der Waals surface area contributed by atoms with Crippen LogP contribution in [0.5, 0.6) is 0 Å². The van der Waals surface area contributed by atoms with E-state index < -0.39 is 10.0 Å². The van der Waals surface area contributed by atoms with Crippen LogP contribution in [0.25, 0.3) is 0 Å². The highest BCUT2D eigenvalue weighted by atomic mass is 79.9. The number of nitrogens with one attached hydrogen (secondary N) is 2. The van der Waals surface area contributed by atoms with Crippen LogP contribution in [0, 0.1) is 0 Å². The number of hydrogen-bond acceptors (Lipinski definition) is 4. The van der Waals surface area contributed by atoms with Crippen molar-refractivity contribution < 1.29 is 8.42 Å². The van der Waals surface area contributed by atoms with Crippen LogP contribution in [0.15, 0.2) is 33.6 Å². The highest BCUT2D eigenvalue weighted by Crippen LogP contribution is 2.25. The van der Waals surface area contributed by atoms with Crippen molar-refractivity contribution in [3.63, 3.8) is 0 Å². The van der Waals surface area contributed by atoms with Gasteiger partial charge in [0.1, 0.15) is 4.90 Å². The van der Waals surface area contributed by atoms with E-state index in [0.29, 0.717) is 0 Å². The quantitative estimate of drug-likeness (QED) is 0.731. The summed E-state index contributed by atoms with van der Waals surface area (Å²) in [4.78, 5) is 0.0230. The second-order valence-electron chi connectivity index (χ2n) is 4.65. The van der Waals surface area contributed by atoms with Crippen molar-refractivity contribution in [3.8, 4) is 0 Å². The lowest BCUT2D eigenvalue weighted by atomic mass is 10.1. The number of nitrogens with zero attached hydrogens (tertiary/aromatic N) is 1. The molecule has 1 aromatic heterocycles. The zero-order valence-corrected chi connectivity index (χ0v) is 13.4. The molecule has 4 N–H and O–H groups in total. The molecule has 8 heteroatoms. The molecule has 0 aliphatic carbocycles.